The molecule has 2 aromatic rings. The zero-order chi connectivity index (χ0) is 18.9. The Balaban J connectivity index is 1.79. The molecule has 0 unspecified atom stereocenters. The predicted molar refractivity (Wildman–Crippen MR) is 95.9 cm³/mol. The first-order chi connectivity index (χ1) is 12.5. The third-order valence-electron chi connectivity index (χ3n) is 3.50. The van der Waals surface area contributed by atoms with Gasteiger partial charge in [-0.3, -0.25) is 9.59 Å². The van der Waals surface area contributed by atoms with Gasteiger partial charge in [-0.2, -0.15) is 0 Å². The van der Waals surface area contributed by atoms with Crippen molar-refractivity contribution in [3.8, 4) is 0 Å². The lowest BCUT2D eigenvalue weighted by Gasteiger charge is -2.08. The highest BCUT2D eigenvalue weighted by Gasteiger charge is 2.12. The fraction of sp³-hybridized carbons (Fsp3) is 0.316. The van der Waals surface area contributed by atoms with E-state index in [0.29, 0.717) is 18.2 Å². The summed E-state index contributed by atoms with van der Waals surface area (Å²) in [6.45, 7) is 4.35. The fourth-order valence-corrected chi connectivity index (χ4v) is 2.06. The highest BCUT2D eigenvalue weighted by Crippen LogP contribution is 2.12. The molecule has 7 heteroatoms. The monoisotopic (exact) mass is 358 g/mol. The van der Waals surface area contributed by atoms with Crippen molar-refractivity contribution in [2.45, 2.75) is 20.3 Å². The van der Waals surface area contributed by atoms with E-state index in [1.807, 2.05) is 0 Å². The molecule has 1 heterocycles. The molecule has 26 heavy (non-hydrogen) atoms. The van der Waals surface area contributed by atoms with Crippen molar-refractivity contribution >= 4 is 23.5 Å². The summed E-state index contributed by atoms with van der Waals surface area (Å²) in [4.78, 5) is 35.4. The number of furan rings is 1. The molecule has 0 aliphatic carbocycles. The minimum Gasteiger partial charge on any atom is -0.459 e. The van der Waals surface area contributed by atoms with Crippen LogP contribution in [-0.4, -0.2) is 30.9 Å². The van der Waals surface area contributed by atoms with Gasteiger partial charge >= 0.3 is 5.97 Å². The topological polar surface area (TPSA) is 97.6 Å². The predicted octanol–water partition coefficient (Wildman–Crippen LogP) is 2.85. The van der Waals surface area contributed by atoms with E-state index in [9.17, 15) is 14.4 Å². The van der Waals surface area contributed by atoms with E-state index in [-0.39, 0.29) is 29.7 Å². The highest BCUT2D eigenvalue weighted by molar-refractivity contribution is 6.02. The van der Waals surface area contributed by atoms with Gasteiger partial charge in [0.2, 0.25) is 0 Å². The molecular formula is C19H22N2O5. The van der Waals surface area contributed by atoms with Crippen LogP contribution in [0.4, 0.5) is 5.69 Å². The van der Waals surface area contributed by atoms with Gasteiger partial charge in [0.15, 0.2) is 12.4 Å². The van der Waals surface area contributed by atoms with E-state index in [2.05, 4.69) is 24.5 Å². The number of nitrogens with one attached hydrogen (secondary N) is 2. The molecular weight excluding hydrogens is 336 g/mol. The number of carbonyl (C=O) groups is 3. The minimum absolute atomic E-state index is 0.192. The maximum atomic E-state index is 11.9. The summed E-state index contributed by atoms with van der Waals surface area (Å²) in [5.41, 5.74) is 0.797. The van der Waals surface area contributed by atoms with Crippen molar-refractivity contribution in [3.63, 3.8) is 0 Å². The molecule has 1 aromatic heterocycles. The van der Waals surface area contributed by atoms with Gasteiger partial charge in [-0.15, -0.1) is 0 Å². The van der Waals surface area contributed by atoms with Crippen molar-refractivity contribution in [2.75, 3.05) is 18.5 Å². The normalized spacial score (nSPS) is 10.4. The van der Waals surface area contributed by atoms with E-state index in [1.54, 1.807) is 24.3 Å². The second-order valence-electron chi connectivity index (χ2n) is 6.12. The first-order valence-corrected chi connectivity index (χ1v) is 8.34. The second-order valence-corrected chi connectivity index (χ2v) is 6.12. The van der Waals surface area contributed by atoms with E-state index < -0.39 is 5.97 Å². The molecule has 2 rings (SSSR count). The molecule has 0 radical (unpaired) electrons. The van der Waals surface area contributed by atoms with Crippen LogP contribution in [0.5, 0.6) is 0 Å². The van der Waals surface area contributed by atoms with Crippen LogP contribution in [0, 0.1) is 5.92 Å². The van der Waals surface area contributed by atoms with Gasteiger partial charge in [-0.25, -0.2) is 4.79 Å². The molecule has 0 aliphatic rings. The molecule has 0 fully saturated rings. The van der Waals surface area contributed by atoms with Crippen LogP contribution in [-0.2, 0) is 9.53 Å². The van der Waals surface area contributed by atoms with Crippen LogP contribution in [0.15, 0.2) is 47.1 Å². The lowest BCUT2D eigenvalue weighted by molar-refractivity contribution is -0.124. The molecule has 1 aromatic carbocycles. The van der Waals surface area contributed by atoms with Crippen molar-refractivity contribution in [1.29, 1.82) is 0 Å². The Morgan fingerprint density at radius 3 is 2.46 bits per heavy atom. The van der Waals surface area contributed by atoms with Crippen molar-refractivity contribution in [3.05, 3.63) is 54.0 Å². The van der Waals surface area contributed by atoms with Gasteiger partial charge in [-0.1, -0.05) is 13.8 Å². The minimum atomic E-state index is -0.604. The summed E-state index contributed by atoms with van der Waals surface area (Å²) in [7, 11) is 0. The quantitative estimate of drug-likeness (QED) is 0.707. The summed E-state index contributed by atoms with van der Waals surface area (Å²) in [6, 6.07) is 9.33. The standard InChI is InChI=1S/C19H22N2O5/c1-13(2)9-10-20-17(22)12-26-19(24)14-5-7-15(8-6-14)21-18(23)16-4-3-11-25-16/h3-8,11,13H,9-10,12H2,1-2H3,(H,20,22)(H,21,23). The summed E-state index contributed by atoms with van der Waals surface area (Å²) in [6.07, 6.45) is 2.28. The number of amides is 2. The summed E-state index contributed by atoms with van der Waals surface area (Å²) in [5.74, 6) is -0.640. The Bertz CT molecular complexity index is 736. The Hall–Kier alpha value is -3.09. The lowest BCUT2D eigenvalue weighted by Crippen LogP contribution is -2.30. The van der Waals surface area contributed by atoms with E-state index in [1.165, 1.54) is 18.4 Å². The average molecular weight is 358 g/mol. The van der Waals surface area contributed by atoms with Gasteiger partial charge in [0.05, 0.1) is 11.8 Å². The highest BCUT2D eigenvalue weighted by atomic mass is 16.5. The number of benzene rings is 1. The van der Waals surface area contributed by atoms with E-state index in [0.717, 1.165) is 6.42 Å². The number of hydrogen-bond acceptors (Lipinski definition) is 5. The van der Waals surface area contributed by atoms with Crippen molar-refractivity contribution < 1.29 is 23.5 Å². The third kappa shape index (κ3) is 6.08. The van der Waals surface area contributed by atoms with Crippen LogP contribution in [0.3, 0.4) is 0 Å². The summed E-state index contributed by atoms with van der Waals surface area (Å²) >= 11 is 0. The second kappa shape index (κ2) is 9.41. The van der Waals surface area contributed by atoms with E-state index in [4.69, 9.17) is 9.15 Å². The van der Waals surface area contributed by atoms with Gasteiger partial charge in [-0.05, 0) is 48.7 Å². The number of rotatable bonds is 8. The van der Waals surface area contributed by atoms with Crippen molar-refractivity contribution in [2.24, 2.45) is 5.92 Å². The molecule has 0 saturated carbocycles. The summed E-state index contributed by atoms with van der Waals surface area (Å²) < 4.78 is 9.97. The number of hydrogen-bond donors (Lipinski definition) is 2. The first-order valence-electron chi connectivity index (χ1n) is 8.34. The van der Waals surface area contributed by atoms with Crippen LogP contribution in [0.1, 0.15) is 41.2 Å². The zero-order valence-corrected chi connectivity index (χ0v) is 14.8. The number of ether oxygens (including phenoxy) is 1. The fourth-order valence-electron chi connectivity index (χ4n) is 2.06. The zero-order valence-electron chi connectivity index (χ0n) is 14.8. The molecule has 0 atom stereocenters. The number of carbonyl (C=O) groups excluding carboxylic acids is 3. The van der Waals surface area contributed by atoms with Crippen molar-refractivity contribution in [1.82, 2.24) is 5.32 Å². The molecule has 2 N–H and O–H groups in total. The first kappa shape index (κ1) is 19.2. The Labute approximate surface area is 151 Å². The number of esters is 1. The smallest absolute Gasteiger partial charge is 0.338 e. The van der Waals surface area contributed by atoms with Crippen LogP contribution < -0.4 is 10.6 Å². The van der Waals surface area contributed by atoms with Gasteiger partial charge in [0.1, 0.15) is 0 Å². The average Bonchev–Trinajstić information content (AvgIpc) is 3.15. The Morgan fingerprint density at radius 1 is 1.12 bits per heavy atom. The van der Waals surface area contributed by atoms with Gasteiger partial charge < -0.3 is 19.8 Å². The molecule has 0 spiro atoms. The van der Waals surface area contributed by atoms with E-state index >= 15 is 0 Å². The lowest BCUT2D eigenvalue weighted by atomic mass is 10.1. The van der Waals surface area contributed by atoms with Crippen LogP contribution >= 0.6 is 0 Å². The largest absolute Gasteiger partial charge is 0.459 e. The van der Waals surface area contributed by atoms with Crippen LogP contribution in [0.2, 0.25) is 0 Å². The van der Waals surface area contributed by atoms with Gasteiger partial charge in [0.25, 0.3) is 11.8 Å². The maximum absolute atomic E-state index is 11.9. The molecule has 0 bridgehead atoms. The Kier molecular flexibility index (Phi) is 6.96. The SMILES string of the molecule is CC(C)CCNC(=O)COC(=O)c1ccc(NC(=O)c2ccco2)cc1. The molecule has 138 valence electrons. The summed E-state index contributed by atoms with van der Waals surface area (Å²) in [5, 5.41) is 5.34. The molecule has 7 nitrogen and oxygen atoms in total. The molecule has 0 aliphatic heterocycles. The maximum Gasteiger partial charge on any atom is 0.338 e. The van der Waals surface area contributed by atoms with Crippen LogP contribution in [0.25, 0.3) is 0 Å². The third-order valence-corrected chi connectivity index (χ3v) is 3.50. The number of anilines is 1. The molecule has 0 saturated heterocycles. The molecule has 2 amide bonds. The van der Waals surface area contributed by atoms with Gasteiger partial charge in [0, 0.05) is 12.2 Å². The Morgan fingerprint density at radius 2 is 1.85 bits per heavy atom.